The molecule has 20 heavy (non-hydrogen) atoms. The summed E-state index contributed by atoms with van der Waals surface area (Å²) in [6.45, 7) is -0.208. The van der Waals surface area contributed by atoms with Gasteiger partial charge < -0.3 is 15.0 Å². The van der Waals surface area contributed by atoms with Gasteiger partial charge in [-0.2, -0.15) is 13.2 Å². The Morgan fingerprint density at radius 1 is 1.25 bits per heavy atom. The number of ether oxygens (including phenoxy) is 1. The molecule has 0 saturated heterocycles. The van der Waals surface area contributed by atoms with Crippen molar-refractivity contribution in [2.45, 2.75) is 19.3 Å². The molecule has 1 aromatic carbocycles. The number of nitrogens with one attached hydrogen (secondary N) is 2. The van der Waals surface area contributed by atoms with Gasteiger partial charge in [-0.1, -0.05) is 12.1 Å². The van der Waals surface area contributed by atoms with Crippen molar-refractivity contribution in [3.05, 3.63) is 48.0 Å². The van der Waals surface area contributed by atoms with Crippen LogP contribution in [0, 0.1) is 0 Å². The number of H-pyrrole nitrogens is 1. The van der Waals surface area contributed by atoms with Crippen LogP contribution in [-0.2, 0) is 13.1 Å². The van der Waals surface area contributed by atoms with Crippen LogP contribution in [0.3, 0.4) is 0 Å². The molecule has 1 aromatic heterocycles. The molecule has 2 N–H and O–H groups in total. The molecule has 4 nitrogen and oxygen atoms in total. The Balaban J connectivity index is 1.83. The first kappa shape index (κ1) is 14.4. The topological polar surface area (TPSA) is 49.9 Å². The van der Waals surface area contributed by atoms with E-state index >= 15 is 0 Å². The molecular formula is C13H14F3N3O. The Kier molecular flexibility index (Phi) is 4.62. The number of alkyl halides is 3. The second-order valence-corrected chi connectivity index (χ2v) is 4.19. The van der Waals surface area contributed by atoms with E-state index in [4.69, 9.17) is 4.74 Å². The molecule has 0 unspecified atom stereocenters. The minimum absolute atomic E-state index is 0.208. The fourth-order valence-electron chi connectivity index (χ4n) is 1.63. The molecule has 0 aliphatic rings. The summed E-state index contributed by atoms with van der Waals surface area (Å²) in [7, 11) is 0. The summed E-state index contributed by atoms with van der Waals surface area (Å²) in [5.74, 6) is 1.01. The Bertz CT molecular complexity index is 526. The fraction of sp³-hybridized carbons (Fsp3) is 0.308. The first-order valence-electron chi connectivity index (χ1n) is 6.00. The van der Waals surface area contributed by atoms with E-state index < -0.39 is 12.8 Å². The van der Waals surface area contributed by atoms with Crippen molar-refractivity contribution in [2.75, 3.05) is 6.61 Å². The molecule has 0 atom stereocenters. The predicted molar refractivity (Wildman–Crippen MR) is 67.1 cm³/mol. The fourth-order valence-corrected chi connectivity index (χ4v) is 1.63. The lowest BCUT2D eigenvalue weighted by Gasteiger charge is -2.10. The van der Waals surface area contributed by atoms with E-state index in [0.717, 1.165) is 11.4 Å². The van der Waals surface area contributed by atoms with Crippen LogP contribution in [0.2, 0.25) is 0 Å². The van der Waals surface area contributed by atoms with Gasteiger partial charge >= 0.3 is 6.18 Å². The maximum Gasteiger partial charge on any atom is 0.422 e. The maximum absolute atomic E-state index is 12.1. The highest BCUT2D eigenvalue weighted by molar-refractivity contribution is 5.28. The maximum atomic E-state index is 12.1. The van der Waals surface area contributed by atoms with Crippen molar-refractivity contribution >= 4 is 0 Å². The number of imidazole rings is 1. The average Bonchev–Trinajstić information content (AvgIpc) is 2.89. The van der Waals surface area contributed by atoms with Crippen LogP contribution in [-0.4, -0.2) is 22.8 Å². The summed E-state index contributed by atoms with van der Waals surface area (Å²) in [4.78, 5) is 7.00. The molecule has 0 bridgehead atoms. The third kappa shape index (κ3) is 4.93. The standard InChI is InChI=1S/C13H14F3N3O/c14-13(15,16)9-20-11-3-1-2-10(6-11)7-17-8-12-18-4-5-19-12/h1-6,17H,7-9H2,(H,18,19). The first-order valence-corrected chi connectivity index (χ1v) is 6.00. The zero-order valence-electron chi connectivity index (χ0n) is 10.6. The van der Waals surface area contributed by atoms with Crippen LogP contribution in [0.25, 0.3) is 0 Å². The third-order valence-electron chi connectivity index (χ3n) is 2.48. The van der Waals surface area contributed by atoms with E-state index in [1.54, 1.807) is 24.5 Å². The number of benzene rings is 1. The highest BCUT2D eigenvalue weighted by Crippen LogP contribution is 2.19. The van der Waals surface area contributed by atoms with Crippen LogP contribution in [0.15, 0.2) is 36.7 Å². The quantitative estimate of drug-likeness (QED) is 0.858. The van der Waals surface area contributed by atoms with Crippen molar-refractivity contribution in [2.24, 2.45) is 0 Å². The van der Waals surface area contributed by atoms with Crippen LogP contribution in [0.4, 0.5) is 13.2 Å². The molecule has 0 aliphatic heterocycles. The molecule has 0 spiro atoms. The molecule has 0 fully saturated rings. The monoisotopic (exact) mass is 285 g/mol. The molecule has 108 valence electrons. The largest absolute Gasteiger partial charge is 0.484 e. The van der Waals surface area contributed by atoms with Crippen molar-refractivity contribution in [1.29, 1.82) is 0 Å². The van der Waals surface area contributed by atoms with Crippen LogP contribution in [0.5, 0.6) is 5.75 Å². The Hall–Kier alpha value is -2.02. The highest BCUT2D eigenvalue weighted by atomic mass is 19.4. The highest BCUT2D eigenvalue weighted by Gasteiger charge is 2.28. The molecule has 0 amide bonds. The second-order valence-electron chi connectivity index (χ2n) is 4.19. The van der Waals surface area contributed by atoms with Gasteiger partial charge in [0.05, 0.1) is 6.54 Å². The predicted octanol–water partition coefficient (Wildman–Crippen LogP) is 2.64. The van der Waals surface area contributed by atoms with Crippen LogP contribution >= 0.6 is 0 Å². The number of halogens is 3. The van der Waals surface area contributed by atoms with Crippen molar-refractivity contribution in [3.63, 3.8) is 0 Å². The molecular weight excluding hydrogens is 271 g/mol. The SMILES string of the molecule is FC(F)(F)COc1cccc(CNCc2ncc[nH]2)c1. The normalized spacial score (nSPS) is 11.6. The Morgan fingerprint density at radius 3 is 2.80 bits per heavy atom. The summed E-state index contributed by atoms with van der Waals surface area (Å²) < 4.78 is 40.9. The number of aromatic amines is 1. The summed E-state index contributed by atoms with van der Waals surface area (Å²) in [5.41, 5.74) is 0.844. The van der Waals surface area contributed by atoms with E-state index in [2.05, 4.69) is 15.3 Å². The third-order valence-corrected chi connectivity index (χ3v) is 2.48. The summed E-state index contributed by atoms with van der Waals surface area (Å²) in [6.07, 6.45) is -0.946. The lowest BCUT2D eigenvalue weighted by Crippen LogP contribution is -2.19. The van der Waals surface area contributed by atoms with Gasteiger partial charge in [0.1, 0.15) is 11.6 Å². The van der Waals surface area contributed by atoms with E-state index in [9.17, 15) is 13.2 Å². The minimum Gasteiger partial charge on any atom is -0.484 e. The molecule has 0 saturated carbocycles. The second kappa shape index (κ2) is 6.42. The van der Waals surface area contributed by atoms with Gasteiger partial charge in [0.15, 0.2) is 6.61 Å². The summed E-state index contributed by atoms with van der Waals surface area (Å²) in [5, 5.41) is 3.13. The number of rotatable bonds is 6. The lowest BCUT2D eigenvalue weighted by molar-refractivity contribution is -0.153. The van der Waals surface area contributed by atoms with Crippen molar-refractivity contribution < 1.29 is 17.9 Å². The molecule has 1 heterocycles. The number of aromatic nitrogens is 2. The van der Waals surface area contributed by atoms with Crippen molar-refractivity contribution in [3.8, 4) is 5.75 Å². The summed E-state index contributed by atoms with van der Waals surface area (Å²) in [6, 6.07) is 6.56. The first-order chi connectivity index (χ1) is 9.53. The van der Waals surface area contributed by atoms with Crippen LogP contribution < -0.4 is 10.1 Å². The molecule has 0 radical (unpaired) electrons. The van der Waals surface area contributed by atoms with E-state index in [0.29, 0.717) is 13.1 Å². The lowest BCUT2D eigenvalue weighted by atomic mass is 10.2. The van der Waals surface area contributed by atoms with E-state index in [1.165, 1.54) is 6.07 Å². The zero-order chi connectivity index (χ0) is 14.4. The number of hydrogen-bond acceptors (Lipinski definition) is 3. The van der Waals surface area contributed by atoms with E-state index in [1.807, 2.05) is 6.07 Å². The Labute approximate surface area is 114 Å². The number of hydrogen-bond donors (Lipinski definition) is 2. The van der Waals surface area contributed by atoms with Gasteiger partial charge in [-0.15, -0.1) is 0 Å². The van der Waals surface area contributed by atoms with Crippen LogP contribution in [0.1, 0.15) is 11.4 Å². The zero-order valence-corrected chi connectivity index (χ0v) is 10.6. The Morgan fingerprint density at radius 2 is 2.10 bits per heavy atom. The van der Waals surface area contributed by atoms with Gasteiger partial charge in [0, 0.05) is 18.9 Å². The average molecular weight is 285 g/mol. The smallest absolute Gasteiger partial charge is 0.422 e. The molecule has 2 rings (SSSR count). The molecule has 7 heteroatoms. The molecule has 2 aromatic rings. The van der Waals surface area contributed by atoms with Gasteiger partial charge in [-0.25, -0.2) is 4.98 Å². The van der Waals surface area contributed by atoms with Gasteiger partial charge in [0.25, 0.3) is 0 Å². The van der Waals surface area contributed by atoms with E-state index in [-0.39, 0.29) is 5.75 Å². The minimum atomic E-state index is -4.33. The molecule has 0 aliphatic carbocycles. The number of nitrogens with zero attached hydrogens (tertiary/aromatic N) is 1. The van der Waals surface area contributed by atoms with Crippen molar-refractivity contribution in [1.82, 2.24) is 15.3 Å². The van der Waals surface area contributed by atoms with Gasteiger partial charge in [-0.05, 0) is 17.7 Å². The van der Waals surface area contributed by atoms with Gasteiger partial charge in [0.2, 0.25) is 0 Å². The summed E-state index contributed by atoms with van der Waals surface area (Å²) >= 11 is 0. The van der Waals surface area contributed by atoms with Gasteiger partial charge in [-0.3, -0.25) is 0 Å².